The van der Waals surface area contributed by atoms with Gasteiger partial charge in [0.1, 0.15) is 0 Å². The molecule has 0 radical (unpaired) electrons. The first-order chi connectivity index (χ1) is 8.17. The molecule has 1 atom stereocenters. The number of unbranched alkanes of at least 4 members (excludes halogenated alkanes) is 1. The van der Waals surface area contributed by atoms with Crippen molar-refractivity contribution in [2.45, 2.75) is 46.1 Å². The van der Waals surface area contributed by atoms with Crippen molar-refractivity contribution in [3.8, 4) is 0 Å². The molecule has 17 heavy (non-hydrogen) atoms. The second kappa shape index (κ2) is 7.54. The summed E-state index contributed by atoms with van der Waals surface area (Å²) in [5.41, 5.74) is 0. The van der Waals surface area contributed by atoms with Gasteiger partial charge in [0, 0.05) is 32.2 Å². The molecule has 1 aliphatic rings. The van der Waals surface area contributed by atoms with Crippen LogP contribution in [-0.2, 0) is 0 Å². The number of rotatable bonds is 5. The number of hydrogen-bond acceptors (Lipinski definition) is 2. The Kier molecular flexibility index (Phi) is 6.34. The highest BCUT2D eigenvalue weighted by molar-refractivity contribution is 5.74. The van der Waals surface area contributed by atoms with Gasteiger partial charge >= 0.3 is 6.03 Å². The summed E-state index contributed by atoms with van der Waals surface area (Å²) in [5, 5.41) is 3.03. The smallest absolute Gasteiger partial charge is 0.317 e. The lowest BCUT2D eigenvalue weighted by molar-refractivity contribution is 0.136. The van der Waals surface area contributed by atoms with Gasteiger partial charge in [0.25, 0.3) is 0 Å². The van der Waals surface area contributed by atoms with Crippen LogP contribution in [0, 0.1) is 0 Å². The molecule has 1 N–H and O–H groups in total. The van der Waals surface area contributed by atoms with Gasteiger partial charge < -0.3 is 10.2 Å². The van der Waals surface area contributed by atoms with Crippen molar-refractivity contribution >= 4 is 6.03 Å². The molecule has 4 nitrogen and oxygen atoms in total. The number of piperazine rings is 1. The zero-order chi connectivity index (χ0) is 12.7. The number of nitrogens with zero attached hydrogens (tertiary/aromatic N) is 2. The lowest BCUT2D eigenvalue weighted by atomic mass is 10.2. The van der Waals surface area contributed by atoms with Crippen LogP contribution in [0.1, 0.15) is 40.0 Å². The van der Waals surface area contributed by atoms with Gasteiger partial charge in [0.2, 0.25) is 0 Å². The first-order valence-corrected chi connectivity index (χ1v) is 6.95. The second-order valence-corrected chi connectivity index (χ2v) is 4.94. The Labute approximate surface area is 105 Å². The van der Waals surface area contributed by atoms with Crippen LogP contribution in [0.15, 0.2) is 0 Å². The van der Waals surface area contributed by atoms with Crippen LogP contribution in [-0.4, -0.2) is 54.6 Å². The van der Waals surface area contributed by atoms with Gasteiger partial charge in [-0.1, -0.05) is 20.3 Å². The Morgan fingerprint density at radius 1 is 1.24 bits per heavy atom. The Bertz CT molecular complexity index is 225. The molecule has 0 aromatic heterocycles. The minimum atomic E-state index is 0.106. The molecule has 1 unspecified atom stereocenters. The summed E-state index contributed by atoms with van der Waals surface area (Å²) in [6, 6.07) is 0.384. The van der Waals surface area contributed by atoms with E-state index in [0.29, 0.717) is 0 Å². The average molecular weight is 241 g/mol. The van der Waals surface area contributed by atoms with E-state index in [4.69, 9.17) is 0 Å². The van der Waals surface area contributed by atoms with Crippen molar-refractivity contribution in [2.24, 2.45) is 0 Å². The topological polar surface area (TPSA) is 35.6 Å². The van der Waals surface area contributed by atoms with Gasteiger partial charge in [0.15, 0.2) is 0 Å². The number of carbonyl (C=O) groups excluding carboxylic acids is 1. The second-order valence-electron chi connectivity index (χ2n) is 4.94. The molecule has 4 heteroatoms. The molecule has 0 saturated carbocycles. The molecule has 0 bridgehead atoms. The molecule has 0 aliphatic carbocycles. The maximum absolute atomic E-state index is 11.9. The van der Waals surface area contributed by atoms with Crippen molar-refractivity contribution in [3.05, 3.63) is 0 Å². The summed E-state index contributed by atoms with van der Waals surface area (Å²) in [5.74, 6) is 0. The van der Waals surface area contributed by atoms with Crippen LogP contribution in [0.25, 0.3) is 0 Å². The van der Waals surface area contributed by atoms with E-state index in [1.54, 1.807) is 0 Å². The summed E-state index contributed by atoms with van der Waals surface area (Å²) in [6.45, 7) is 11.3. The third-order valence-electron chi connectivity index (χ3n) is 3.47. The van der Waals surface area contributed by atoms with E-state index >= 15 is 0 Å². The highest BCUT2D eigenvalue weighted by Crippen LogP contribution is 2.04. The van der Waals surface area contributed by atoms with Crippen LogP contribution in [0.3, 0.4) is 0 Å². The predicted molar refractivity (Wildman–Crippen MR) is 71.2 cm³/mol. The third kappa shape index (κ3) is 4.94. The number of hydrogen-bond donors (Lipinski definition) is 1. The van der Waals surface area contributed by atoms with E-state index in [0.717, 1.165) is 32.6 Å². The van der Waals surface area contributed by atoms with Crippen LogP contribution in [0.5, 0.6) is 0 Å². The standard InChI is InChI=1S/C13H27N3O/c1-4-6-7-15-8-10-16(11-9-15)13(17)14-12(3)5-2/h12H,4-11H2,1-3H3,(H,14,17). The fourth-order valence-electron chi connectivity index (χ4n) is 1.96. The zero-order valence-corrected chi connectivity index (χ0v) is 11.5. The monoisotopic (exact) mass is 241 g/mol. The largest absolute Gasteiger partial charge is 0.336 e. The van der Waals surface area contributed by atoms with Gasteiger partial charge in [-0.25, -0.2) is 4.79 Å². The molecule has 1 fully saturated rings. The van der Waals surface area contributed by atoms with Crippen LogP contribution in [0.4, 0.5) is 4.79 Å². The van der Waals surface area contributed by atoms with Gasteiger partial charge in [-0.2, -0.15) is 0 Å². The molecule has 0 aromatic carbocycles. The molecule has 0 aromatic rings. The lowest BCUT2D eigenvalue weighted by Gasteiger charge is -2.35. The summed E-state index contributed by atoms with van der Waals surface area (Å²) in [6.07, 6.45) is 3.50. The van der Waals surface area contributed by atoms with Crippen molar-refractivity contribution in [2.75, 3.05) is 32.7 Å². The highest BCUT2D eigenvalue weighted by atomic mass is 16.2. The Morgan fingerprint density at radius 3 is 2.41 bits per heavy atom. The van der Waals surface area contributed by atoms with Crippen molar-refractivity contribution in [3.63, 3.8) is 0 Å². The van der Waals surface area contributed by atoms with Gasteiger partial charge in [0.05, 0.1) is 0 Å². The van der Waals surface area contributed by atoms with E-state index in [-0.39, 0.29) is 12.1 Å². The molecule has 0 spiro atoms. The fraction of sp³-hybridized carbons (Fsp3) is 0.923. The molecule has 1 aliphatic heterocycles. The number of carbonyl (C=O) groups is 1. The van der Waals surface area contributed by atoms with E-state index in [1.165, 1.54) is 19.4 Å². The Hall–Kier alpha value is -0.770. The summed E-state index contributed by atoms with van der Waals surface area (Å²) in [7, 11) is 0. The molecule has 1 saturated heterocycles. The fourth-order valence-corrected chi connectivity index (χ4v) is 1.96. The zero-order valence-electron chi connectivity index (χ0n) is 11.5. The number of urea groups is 1. The van der Waals surface area contributed by atoms with Crippen molar-refractivity contribution in [1.29, 1.82) is 0 Å². The maximum Gasteiger partial charge on any atom is 0.317 e. The lowest BCUT2D eigenvalue weighted by Crippen LogP contribution is -2.53. The number of nitrogens with one attached hydrogen (secondary N) is 1. The summed E-state index contributed by atoms with van der Waals surface area (Å²) in [4.78, 5) is 16.3. The van der Waals surface area contributed by atoms with E-state index < -0.39 is 0 Å². The Balaban J connectivity index is 2.24. The van der Waals surface area contributed by atoms with Crippen LogP contribution in [0.2, 0.25) is 0 Å². The molecule has 1 heterocycles. The molecular weight excluding hydrogens is 214 g/mol. The molecule has 100 valence electrons. The molecular formula is C13H27N3O. The van der Waals surface area contributed by atoms with E-state index in [9.17, 15) is 4.79 Å². The summed E-state index contributed by atoms with van der Waals surface area (Å²) < 4.78 is 0. The van der Waals surface area contributed by atoms with E-state index in [1.807, 2.05) is 4.90 Å². The SMILES string of the molecule is CCCCN1CCN(C(=O)NC(C)CC)CC1. The third-order valence-corrected chi connectivity index (χ3v) is 3.47. The average Bonchev–Trinajstić information content (AvgIpc) is 2.36. The van der Waals surface area contributed by atoms with Crippen molar-refractivity contribution < 1.29 is 4.79 Å². The molecule has 2 amide bonds. The van der Waals surface area contributed by atoms with Crippen molar-refractivity contribution in [1.82, 2.24) is 15.1 Å². The van der Waals surface area contributed by atoms with Gasteiger partial charge in [-0.15, -0.1) is 0 Å². The van der Waals surface area contributed by atoms with E-state index in [2.05, 4.69) is 31.0 Å². The Morgan fingerprint density at radius 2 is 1.88 bits per heavy atom. The number of amides is 2. The maximum atomic E-state index is 11.9. The first kappa shape index (κ1) is 14.3. The minimum absolute atomic E-state index is 0.106. The van der Waals surface area contributed by atoms with Crippen LogP contribution < -0.4 is 5.32 Å². The quantitative estimate of drug-likeness (QED) is 0.798. The molecule has 1 rings (SSSR count). The predicted octanol–water partition coefficient (Wildman–Crippen LogP) is 1.91. The minimum Gasteiger partial charge on any atom is -0.336 e. The normalized spacial score (nSPS) is 19.1. The van der Waals surface area contributed by atoms with Crippen LogP contribution >= 0.6 is 0 Å². The first-order valence-electron chi connectivity index (χ1n) is 6.95. The highest BCUT2D eigenvalue weighted by Gasteiger charge is 2.20. The van der Waals surface area contributed by atoms with Gasteiger partial charge in [-0.05, 0) is 26.3 Å². The van der Waals surface area contributed by atoms with Gasteiger partial charge in [-0.3, -0.25) is 4.90 Å². The summed E-state index contributed by atoms with van der Waals surface area (Å²) >= 11 is 0.